The monoisotopic (exact) mass is 258 g/mol. The molecular formula is C11H18N2O5. The molecule has 2 aliphatic rings. The van der Waals surface area contributed by atoms with Crippen LogP contribution in [0, 0.1) is 0 Å². The molecule has 0 aromatic rings. The standard InChI is InChI=1S/C11H18N2O5/c12-4-7-1-2-9(18-7)10(15)13-5-6(14)3-8(13)11(16)17/h6-9,14H,1-5,12H2,(H,16,17)/t6-,7?,8+,9?/m1/s1. The second-order valence-corrected chi connectivity index (χ2v) is 4.79. The Bertz CT molecular complexity index is 348. The first-order valence-electron chi connectivity index (χ1n) is 6.09. The van der Waals surface area contributed by atoms with Crippen molar-refractivity contribution >= 4 is 11.9 Å². The molecule has 2 unspecified atom stereocenters. The van der Waals surface area contributed by atoms with Gasteiger partial charge < -0.3 is 25.6 Å². The van der Waals surface area contributed by atoms with Gasteiger partial charge in [0.15, 0.2) is 0 Å². The number of carbonyl (C=O) groups excluding carboxylic acids is 1. The fourth-order valence-electron chi connectivity index (χ4n) is 2.54. The van der Waals surface area contributed by atoms with Gasteiger partial charge in [-0.05, 0) is 12.8 Å². The van der Waals surface area contributed by atoms with Crippen LogP contribution in [-0.2, 0) is 14.3 Å². The Labute approximate surface area is 105 Å². The minimum absolute atomic E-state index is 0.0585. The molecule has 0 aromatic heterocycles. The van der Waals surface area contributed by atoms with E-state index in [0.29, 0.717) is 19.4 Å². The van der Waals surface area contributed by atoms with E-state index in [0.717, 1.165) is 0 Å². The Morgan fingerprint density at radius 3 is 2.67 bits per heavy atom. The van der Waals surface area contributed by atoms with Gasteiger partial charge in [-0.15, -0.1) is 0 Å². The highest BCUT2D eigenvalue weighted by molar-refractivity contribution is 5.87. The van der Waals surface area contributed by atoms with E-state index in [-0.39, 0.29) is 25.0 Å². The molecule has 2 aliphatic heterocycles. The maximum Gasteiger partial charge on any atom is 0.326 e. The average molecular weight is 258 g/mol. The van der Waals surface area contributed by atoms with Crippen molar-refractivity contribution in [3.63, 3.8) is 0 Å². The Hall–Kier alpha value is -1.18. The van der Waals surface area contributed by atoms with Crippen molar-refractivity contribution in [2.75, 3.05) is 13.1 Å². The van der Waals surface area contributed by atoms with Crippen molar-refractivity contribution in [3.05, 3.63) is 0 Å². The number of hydrogen-bond donors (Lipinski definition) is 3. The molecule has 1 amide bonds. The molecule has 0 aliphatic carbocycles. The normalized spacial score (nSPS) is 36.0. The third-order valence-electron chi connectivity index (χ3n) is 3.49. The van der Waals surface area contributed by atoms with Gasteiger partial charge in [0.05, 0.1) is 12.2 Å². The Morgan fingerprint density at radius 1 is 1.39 bits per heavy atom. The number of amides is 1. The molecule has 7 nitrogen and oxygen atoms in total. The summed E-state index contributed by atoms with van der Waals surface area (Å²) in [6, 6.07) is -0.951. The number of rotatable bonds is 3. The van der Waals surface area contributed by atoms with Crippen LogP contribution < -0.4 is 5.73 Å². The molecule has 4 atom stereocenters. The van der Waals surface area contributed by atoms with E-state index in [1.807, 2.05) is 0 Å². The van der Waals surface area contributed by atoms with Gasteiger partial charge in [-0.3, -0.25) is 4.79 Å². The lowest BCUT2D eigenvalue weighted by Gasteiger charge is -2.24. The third kappa shape index (κ3) is 2.47. The van der Waals surface area contributed by atoms with E-state index in [9.17, 15) is 14.7 Å². The zero-order valence-corrected chi connectivity index (χ0v) is 9.99. The van der Waals surface area contributed by atoms with E-state index < -0.39 is 24.2 Å². The van der Waals surface area contributed by atoms with E-state index in [2.05, 4.69) is 0 Å². The molecule has 7 heteroatoms. The molecular weight excluding hydrogens is 240 g/mol. The molecule has 0 saturated carbocycles. The summed E-state index contributed by atoms with van der Waals surface area (Å²) in [7, 11) is 0. The van der Waals surface area contributed by atoms with Crippen molar-refractivity contribution in [2.45, 2.75) is 43.6 Å². The molecule has 0 radical (unpaired) electrons. The van der Waals surface area contributed by atoms with Gasteiger partial charge in [-0.1, -0.05) is 0 Å². The molecule has 2 fully saturated rings. The third-order valence-corrected chi connectivity index (χ3v) is 3.49. The van der Waals surface area contributed by atoms with Gasteiger partial charge in [0.25, 0.3) is 5.91 Å². The molecule has 4 N–H and O–H groups in total. The predicted molar refractivity (Wildman–Crippen MR) is 60.7 cm³/mol. The smallest absolute Gasteiger partial charge is 0.326 e. The fraction of sp³-hybridized carbons (Fsp3) is 0.818. The topological polar surface area (TPSA) is 113 Å². The van der Waals surface area contributed by atoms with Gasteiger partial charge in [0, 0.05) is 19.5 Å². The van der Waals surface area contributed by atoms with Gasteiger partial charge in [0.1, 0.15) is 12.1 Å². The Kier molecular flexibility index (Phi) is 3.84. The molecule has 2 saturated heterocycles. The van der Waals surface area contributed by atoms with Crippen molar-refractivity contribution in [3.8, 4) is 0 Å². The number of carbonyl (C=O) groups is 2. The SMILES string of the molecule is NCC1CCC(C(=O)N2C[C@H](O)C[C@H]2C(=O)O)O1. The van der Waals surface area contributed by atoms with E-state index in [1.165, 1.54) is 4.90 Å². The summed E-state index contributed by atoms with van der Waals surface area (Å²) < 4.78 is 5.46. The molecule has 0 bridgehead atoms. The highest BCUT2D eigenvalue weighted by Crippen LogP contribution is 2.25. The summed E-state index contributed by atoms with van der Waals surface area (Å²) >= 11 is 0. The lowest BCUT2D eigenvalue weighted by Crippen LogP contribution is -2.45. The molecule has 0 spiro atoms. The summed E-state index contributed by atoms with van der Waals surface area (Å²) in [5.74, 6) is -1.44. The lowest BCUT2D eigenvalue weighted by atomic mass is 10.1. The molecule has 102 valence electrons. The van der Waals surface area contributed by atoms with Crippen molar-refractivity contribution in [1.82, 2.24) is 4.90 Å². The summed E-state index contributed by atoms with van der Waals surface area (Å²) in [5, 5.41) is 18.5. The van der Waals surface area contributed by atoms with Crippen LogP contribution in [-0.4, -0.2) is 64.4 Å². The minimum atomic E-state index is -1.09. The second kappa shape index (κ2) is 5.21. The van der Waals surface area contributed by atoms with Crippen LogP contribution in [0.5, 0.6) is 0 Å². The number of likely N-dealkylation sites (tertiary alicyclic amines) is 1. The Balaban J connectivity index is 2.02. The highest BCUT2D eigenvalue weighted by Gasteiger charge is 2.43. The Morgan fingerprint density at radius 2 is 2.11 bits per heavy atom. The number of nitrogens with zero attached hydrogens (tertiary/aromatic N) is 1. The number of aliphatic hydroxyl groups is 1. The number of ether oxygens (including phenoxy) is 1. The minimum Gasteiger partial charge on any atom is -0.480 e. The van der Waals surface area contributed by atoms with Crippen LogP contribution in [0.4, 0.5) is 0 Å². The zero-order chi connectivity index (χ0) is 13.3. The number of carboxylic acids is 1. The summed E-state index contributed by atoms with van der Waals surface area (Å²) in [6.07, 6.45) is -0.184. The van der Waals surface area contributed by atoms with Crippen LogP contribution in [0.3, 0.4) is 0 Å². The van der Waals surface area contributed by atoms with Crippen molar-refractivity contribution < 1.29 is 24.5 Å². The summed E-state index contributed by atoms with van der Waals surface area (Å²) in [6.45, 7) is 0.414. The average Bonchev–Trinajstić information content (AvgIpc) is 2.94. The highest BCUT2D eigenvalue weighted by atomic mass is 16.5. The molecule has 2 rings (SSSR count). The van der Waals surface area contributed by atoms with Crippen LogP contribution in [0.2, 0.25) is 0 Å². The maximum atomic E-state index is 12.2. The number of nitrogens with two attached hydrogens (primary N) is 1. The van der Waals surface area contributed by atoms with Crippen molar-refractivity contribution in [2.24, 2.45) is 5.73 Å². The first kappa shape index (κ1) is 13.3. The number of β-amino-alcohol motifs (C(OH)–C–C–N with tert-alkyl or cyclic N) is 1. The van der Waals surface area contributed by atoms with Crippen LogP contribution in [0.15, 0.2) is 0 Å². The lowest BCUT2D eigenvalue weighted by molar-refractivity contribution is -0.153. The van der Waals surface area contributed by atoms with Crippen molar-refractivity contribution in [1.29, 1.82) is 0 Å². The summed E-state index contributed by atoms with van der Waals surface area (Å²) in [5.41, 5.74) is 5.46. The molecule has 0 aromatic carbocycles. The maximum absolute atomic E-state index is 12.2. The first-order chi connectivity index (χ1) is 8.52. The zero-order valence-electron chi connectivity index (χ0n) is 9.99. The van der Waals surface area contributed by atoms with Gasteiger partial charge in [0.2, 0.25) is 0 Å². The van der Waals surface area contributed by atoms with Crippen LogP contribution in [0.1, 0.15) is 19.3 Å². The first-order valence-corrected chi connectivity index (χ1v) is 6.09. The number of aliphatic hydroxyl groups excluding tert-OH is 1. The second-order valence-electron chi connectivity index (χ2n) is 4.79. The van der Waals surface area contributed by atoms with Gasteiger partial charge >= 0.3 is 5.97 Å². The van der Waals surface area contributed by atoms with Gasteiger partial charge in [-0.25, -0.2) is 4.79 Å². The van der Waals surface area contributed by atoms with E-state index >= 15 is 0 Å². The van der Waals surface area contributed by atoms with Gasteiger partial charge in [-0.2, -0.15) is 0 Å². The number of aliphatic carboxylic acids is 1. The largest absolute Gasteiger partial charge is 0.480 e. The number of carboxylic acid groups (broad SMARTS) is 1. The van der Waals surface area contributed by atoms with Crippen LogP contribution in [0.25, 0.3) is 0 Å². The van der Waals surface area contributed by atoms with E-state index in [1.54, 1.807) is 0 Å². The summed E-state index contributed by atoms with van der Waals surface area (Å²) in [4.78, 5) is 24.4. The van der Waals surface area contributed by atoms with E-state index in [4.69, 9.17) is 15.6 Å². The predicted octanol–water partition coefficient (Wildman–Crippen LogP) is -1.46. The molecule has 18 heavy (non-hydrogen) atoms. The molecule has 2 heterocycles. The quantitative estimate of drug-likeness (QED) is 0.570. The number of hydrogen-bond acceptors (Lipinski definition) is 5. The van der Waals surface area contributed by atoms with Crippen LogP contribution >= 0.6 is 0 Å². The fourth-order valence-corrected chi connectivity index (χ4v) is 2.54.